The van der Waals surface area contributed by atoms with Crippen molar-refractivity contribution in [3.63, 3.8) is 0 Å². The highest BCUT2D eigenvalue weighted by molar-refractivity contribution is 5.97. The fraction of sp³-hybridized carbons (Fsp3) is 0.105. The molecule has 0 saturated heterocycles. The molecule has 6 N–H and O–H groups in total. The number of hydrogen-bond donors (Lipinski definition) is 4. The van der Waals surface area contributed by atoms with Gasteiger partial charge in [-0.2, -0.15) is 0 Å². The Kier molecular flexibility index (Phi) is 4.42. The second kappa shape index (κ2) is 7.05. The van der Waals surface area contributed by atoms with Gasteiger partial charge in [0, 0.05) is 29.8 Å². The third-order valence-electron chi connectivity index (χ3n) is 4.29. The number of rotatable bonds is 5. The number of nitrogens with one attached hydrogen (secondary N) is 1. The Morgan fingerprint density at radius 1 is 1.25 bits per heavy atom. The van der Waals surface area contributed by atoms with Gasteiger partial charge in [0.05, 0.1) is 11.2 Å². The van der Waals surface area contributed by atoms with Crippen LogP contribution in [0.3, 0.4) is 0 Å². The van der Waals surface area contributed by atoms with Gasteiger partial charge in [0.2, 0.25) is 11.8 Å². The number of aromatic nitrogens is 2. The number of carbonyl (C=O) groups excluding carboxylic acids is 1. The number of pyridine rings is 2. The number of hydrogen-bond acceptors (Lipinski definition) is 8. The van der Waals surface area contributed by atoms with Gasteiger partial charge in [0.25, 0.3) is 0 Å². The molecule has 0 saturated carbocycles. The third kappa shape index (κ3) is 3.38. The minimum Gasteiger partial charge on any atom is -0.493 e. The van der Waals surface area contributed by atoms with Gasteiger partial charge in [0.15, 0.2) is 11.6 Å². The van der Waals surface area contributed by atoms with Gasteiger partial charge in [-0.05, 0) is 30.3 Å². The zero-order valence-electron chi connectivity index (χ0n) is 14.8. The van der Waals surface area contributed by atoms with Gasteiger partial charge in [0.1, 0.15) is 12.3 Å². The lowest BCUT2D eigenvalue weighted by atomic mass is 10.1. The number of hydrazine groups is 1. The average molecular weight is 378 g/mol. The first kappa shape index (κ1) is 17.6. The maximum absolute atomic E-state index is 11.4. The van der Waals surface area contributed by atoms with Crippen molar-refractivity contribution in [2.24, 2.45) is 5.73 Å². The molecule has 1 amide bonds. The summed E-state index contributed by atoms with van der Waals surface area (Å²) in [5.74, 6) is -0.0856. The molecule has 1 aromatic carbocycles. The van der Waals surface area contributed by atoms with Crippen LogP contribution in [0.1, 0.15) is 16.1 Å². The number of nitrogens with two attached hydrogens (primary N) is 2. The monoisotopic (exact) mass is 378 g/mol. The quantitative estimate of drug-likeness (QED) is 0.523. The van der Waals surface area contributed by atoms with Crippen LogP contribution in [0.25, 0.3) is 10.9 Å². The minimum atomic E-state index is -0.527. The summed E-state index contributed by atoms with van der Waals surface area (Å²) in [6, 6.07) is 9.84. The number of benzene rings is 1. The van der Waals surface area contributed by atoms with Crippen molar-refractivity contribution in [2.75, 3.05) is 17.3 Å². The molecule has 9 nitrogen and oxygen atoms in total. The van der Waals surface area contributed by atoms with E-state index in [4.69, 9.17) is 16.2 Å². The van der Waals surface area contributed by atoms with E-state index in [1.165, 1.54) is 6.07 Å². The van der Waals surface area contributed by atoms with Crippen LogP contribution < -0.4 is 26.6 Å². The van der Waals surface area contributed by atoms with E-state index in [0.717, 1.165) is 5.69 Å². The zero-order chi connectivity index (χ0) is 19.7. The number of aromatic hydroxyl groups is 1. The molecule has 0 atom stereocenters. The van der Waals surface area contributed by atoms with Gasteiger partial charge >= 0.3 is 0 Å². The number of primary amides is 1. The molecule has 0 radical (unpaired) electrons. The van der Waals surface area contributed by atoms with Gasteiger partial charge in [-0.25, -0.2) is 15.4 Å². The molecule has 3 heterocycles. The number of amides is 1. The van der Waals surface area contributed by atoms with Crippen molar-refractivity contribution >= 4 is 28.3 Å². The predicted molar refractivity (Wildman–Crippen MR) is 105 cm³/mol. The molecule has 142 valence electrons. The van der Waals surface area contributed by atoms with E-state index in [1.54, 1.807) is 35.3 Å². The number of carbonyl (C=O) groups is 1. The highest BCUT2D eigenvalue weighted by Crippen LogP contribution is 2.28. The highest BCUT2D eigenvalue weighted by Gasteiger charge is 2.15. The Balaban J connectivity index is 1.63. The zero-order valence-corrected chi connectivity index (χ0v) is 14.8. The molecule has 2 aromatic heterocycles. The van der Waals surface area contributed by atoms with Gasteiger partial charge in [-0.1, -0.05) is 6.08 Å². The van der Waals surface area contributed by atoms with Crippen molar-refractivity contribution in [3.8, 4) is 11.6 Å². The van der Waals surface area contributed by atoms with Crippen molar-refractivity contribution in [1.82, 2.24) is 15.4 Å². The summed E-state index contributed by atoms with van der Waals surface area (Å²) in [6.07, 6.45) is 3.83. The second-order valence-electron chi connectivity index (χ2n) is 6.18. The molecule has 0 fully saturated rings. The lowest BCUT2D eigenvalue weighted by Gasteiger charge is -2.19. The van der Waals surface area contributed by atoms with Crippen LogP contribution in [0.5, 0.6) is 11.6 Å². The van der Waals surface area contributed by atoms with Crippen LogP contribution in [0.2, 0.25) is 0 Å². The summed E-state index contributed by atoms with van der Waals surface area (Å²) >= 11 is 0. The maximum atomic E-state index is 11.4. The molecule has 0 unspecified atom stereocenters. The number of anilines is 2. The highest BCUT2D eigenvalue weighted by atomic mass is 16.5. The van der Waals surface area contributed by atoms with Crippen LogP contribution in [0.4, 0.5) is 11.5 Å². The Hall–Kier alpha value is -3.85. The smallest absolute Gasteiger partial charge is 0.248 e. The van der Waals surface area contributed by atoms with Gasteiger partial charge in [-0.3, -0.25) is 9.80 Å². The van der Waals surface area contributed by atoms with E-state index in [0.29, 0.717) is 34.5 Å². The average Bonchev–Trinajstić information content (AvgIpc) is 3.20. The Morgan fingerprint density at radius 2 is 2.11 bits per heavy atom. The van der Waals surface area contributed by atoms with Crippen molar-refractivity contribution in [3.05, 3.63) is 59.9 Å². The summed E-state index contributed by atoms with van der Waals surface area (Å²) in [5, 5.41) is 12.2. The van der Waals surface area contributed by atoms with Crippen molar-refractivity contribution in [2.45, 2.75) is 6.61 Å². The first-order valence-electron chi connectivity index (χ1n) is 8.52. The van der Waals surface area contributed by atoms with Crippen LogP contribution in [-0.2, 0) is 6.61 Å². The largest absolute Gasteiger partial charge is 0.493 e. The van der Waals surface area contributed by atoms with E-state index in [2.05, 4.69) is 15.4 Å². The second-order valence-corrected chi connectivity index (χ2v) is 6.18. The Labute approximate surface area is 160 Å². The predicted octanol–water partition coefficient (Wildman–Crippen LogP) is 1.43. The van der Waals surface area contributed by atoms with Crippen molar-refractivity contribution in [1.29, 1.82) is 0 Å². The summed E-state index contributed by atoms with van der Waals surface area (Å²) in [6.45, 7) is 0.758. The van der Waals surface area contributed by atoms with Crippen molar-refractivity contribution < 1.29 is 14.6 Å². The molecule has 1 aliphatic heterocycles. The molecule has 9 heteroatoms. The molecule has 28 heavy (non-hydrogen) atoms. The maximum Gasteiger partial charge on any atom is 0.248 e. The number of nitrogens with zero attached hydrogens (tertiary/aromatic N) is 3. The van der Waals surface area contributed by atoms with E-state index in [1.807, 2.05) is 12.3 Å². The standard InChI is InChI=1S/C19H18N6O3/c20-18-16(9-12-8-11(19(21)27)2-3-13(12)24-18)28-10-14-15(4-5-17(26)23-14)25-7-1-6-22-25/h1-5,7-9,22H,6,10H2,(H2,20,24)(H2,21,27)(H,23,26). The van der Waals surface area contributed by atoms with E-state index in [-0.39, 0.29) is 18.3 Å². The first-order valence-corrected chi connectivity index (χ1v) is 8.52. The Morgan fingerprint density at radius 3 is 2.86 bits per heavy atom. The molecule has 4 rings (SSSR count). The van der Waals surface area contributed by atoms with Crippen LogP contribution in [-0.4, -0.2) is 27.5 Å². The normalized spacial score (nSPS) is 13.2. The minimum absolute atomic E-state index is 0.0582. The molecule has 3 aromatic rings. The fourth-order valence-corrected chi connectivity index (χ4v) is 2.92. The number of ether oxygens (including phenoxy) is 1. The summed E-state index contributed by atoms with van der Waals surface area (Å²) in [4.78, 5) is 19.9. The van der Waals surface area contributed by atoms with E-state index < -0.39 is 5.91 Å². The molecule has 0 bridgehead atoms. The SMILES string of the molecule is NC(=O)c1ccc2nc(N)c(OCc3nc(O)ccc3N3C=CCN3)cc2c1. The molecule has 1 aliphatic rings. The number of nitrogen functional groups attached to an aromatic ring is 1. The third-order valence-corrected chi connectivity index (χ3v) is 4.29. The summed E-state index contributed by atoms with van der Waals surface area (Å²) in [7, 11) is 0. The van der Waals surface area contributed by atoms with Crippen LogP contribution in [0.15, 0.2) is 48.7 Å². The lowest BCUT2D eigenvalue weighted by molar-refractivity contribution is 0.100. The van der Waals surface area contributed by atoms with E-state index in [9.17, 15) is 9.90 Å². The van der Waals surface area contributed by atoms with Gasteiger partial charge in [-0.15, -0.1) is 0 Å². The van der Waals surface area contributed by atoms with Gasteiger partial charge < -0.3 is 21.3 Å². The molecule has 0 spiro atoms. The lowest BCUT2D eigenvalue weighted by Crippen LogP contribution is -2.29. The summed E-state index contributed by atoms with van der Waals surface area (Å²) in [5.41, 5.74) is 16.7. The molecular formula is C19H18N6O3. The first-order chi connectivity index (χ1) is 13.5. The Bertz CT molecular complexity index is 1100. The topological polar surface area (TPSA) is 140 Å². The summed E-state index contributed by atoms with van der Waals surface area (Å²) < 4.78 is 5.83. The van der Waals surface area contributed by atoms with Crippen LogP contribution in [0, 0.1) is 0 Å². The van der Waals surface area contributed by atoms with Crippen LogP contribution >= 0.6 is 0 Å². The van der Waals surface area contributed by atoms with E-state index >= 15 is 0 Å². The number of fused-ring (bicyclic) bond motifs is 1. The molecule has 0 aliphatic carbocycles. The molecular weight excluding hydrogens is 360 g/mol. The fourth-order valence-electron chi connectivity index (χ4n) is 2.92.